The van der Waals surface area contributed by atoms with E-state index in [9.17, 15) is 9.59 Å². The first-order valence-electron chi connectivity index (χ1n) is 6.39. The number of carbonyl (C=O) groups excluding carboxylic acids is 2. The number of hydrogen-bond acceptors (Lipinski definition) is 4. The number of ether oxygens (including phenoxy) is 1. The smallest absolute Gasteiger partial charge is 0.359 e. The Morgan fingerprint density at radius 2 is 2.25 bits per heavy atom. The van der Waals surface area contributed by atoms with Gasteiger partial charge in [-0.3, -0.25) is 9.48 Å². The minimum atomic E-state index is -0.572. The zero-order valence-electron chi connectivity index (χ0n) is 11.5. The maximum absolute atomic E-state index is 11.7. The second-order valence-corrected chi connectivity index (χ2v) is 4.46. The molecular weight excluding hydrogens is 256 g/mol. The fourth-order valence-corrected chi connectivity index (χ4v) is 1.96. The first-order chi connectivity index (χ1) is 9.63. The third kappa shape index (κ3) is 3.12. The highest BCUT2D eigenvalue weighted by Gasteiger charge is 2.17. The van der Waals surface area contributed by atoms with E-state index in [0.717, 1.165) is 11.1 Å². The molecule has 1 aromatic carbocycles. The summed E-state index contributed by atoms with van der Waals surface area (Å²) in [5, 5.41) is 4.14. The molecule has 0 aliphatic rings. The SMILES string of the molecule is CCOC(=O)c1nn(Cc2cccc(C)c2)cc1C=O. The molecule has 0 bridgehead atoms. The lowest BCUT2D eigenvalue weighted by Crippen LogP contribution is -2.09. The van der Waals surface area contributed by atoms with Gasteiger partial charge in [-0.15, -0.1) is 0 Å². The molecule has 20 heavy (non-hydrogen) atoms. The van der Waals surface area contributed by atoms with Crippen LogP contribution < -0.4 is 0 Å². The van der Waals surface area contributed by atoms with Crippen LogP contribution >= 0.6 is 0 Å². The first kappa shape index (κ1) is 14.0. The highest BCUT2D eigenvalue weighted by Crippen LogP contribution is 2.10. The van der Waals surface area contributed by atoms with Gasteiger partial charge in [-0.05, 0) is 19.4 Å². The molecule has 1 aromatic heterocycles. The van der Waals surface area contributed by atoms with Crippen LogP contribution in [0.3, 0.4) is 0 Å². The van der Waals surface area contributed by atoms with Gasteiger partial charge in [-0.2, -0.15) is 5.10 Å². The molecule has 2 aromatic rings. The van der Waals surface area contributed by atoms with E-state index >= 15 is 0 Å². The highest BCUT2D eigenvalue weighted by molar-refractivity contribution is 5.96. The van der Waals surface area contributed by atoms with E-state index < -0.39 is 5.97 Å². The summed E-state index contributed by atoms with van der Waals surface area (Å²) >= 11 is 0. The highest BCUT2D eigenvalue weighted by atomic mass is 16.5. The molecule has 0 atom stereocenters. The summed E-state index contributed by atoms with van der Waals surface area (Å²) in [5.41, 5.74) is 2.52. The number of aryl methyl sites for hydroxylation is 1. The van der Waals surface area contributed by atoms with E-state index in [4.69, 9.17) is 4.74 Å². The minimum Gasteiger partial charge on any atom is -0.461 e. The van der Waals surface area contributed by atoms with E-state index in [1.54, 1.807) is 17.8 Å². The van der Waals surface area contributed by atoms with Gasteiger partial charge in [-0.25, -0.2) is 4.79 Å². The summed E-state index contributed by atoms with van der Waals surface area (Å²) in [4.78, 5) is 22.7. The molecule has 5 nitrogen and oxygen atoms in total. The van der Waals surface area contributed by atoms with Gasteiger partial charge in [0.25, 0.3) is 0 Å². The first-order valence-corrected chi connectivity index (χ1v) is 6.39. The van der Waals surface area contributed by atoms with Gasteiger partial charge in [-0.1, -0.05) is 29.8 Å². The summed E-state index contributed by atoms with van der Waals surface area (Å²) in [5.74, 6) is -0.572. The van der Waals surface area contributed by atoms with Gasteiger partial charge < -0.3 is 4.74 Å². The maximum Gasteiger partial charge on any atom is 0.359 e. The Balaban J connectivity index is 2.25. The Kier molecular flexibility index (Phi) is 4.30. The van der Waals surface area contributed by atoms with Crippen LogP contribution in [0.25, 0.3) is 0 Å². The van der Waals surface area contributed by atoms with E-state index in [2.05, 4.69) is 5.10 Å². The van der Waals surface area contributed by atoms with Crippen molar-refractivity contribution in [3.63, 3.8) is 0 Å². The molecule has 2 rings (SSSR count). The van der Waals surface area contributed by atoms with Crippen LogP contribution in [0.2, 0.25) is 0 Å². The fourth-order valence-electron chi connectivity index (χ4n) is 1.96. The quantitative estimate of drug-likeness (QED) is 0.618. The Morgan fingerprint density at radius 1 is 1.45 bits per heavy atom. The molecule has 0 aliphatic heterocycles. The van der Waals surface area contributed by atoms with Crippen LogP contribution in [-0.2, 0) is 11.3 Å². The van der Waals surface area contributed by atoms with Gasteiger partial charge in [0.2, 0.25) is 0 Å². The van der Waals surface area contributed by atoms with Gasteiger partial charge in [0.15, 0.2) is 12.0 Å². The maximum atomic E-state index is 11.7. The molecule has 0 radical (unpaired) electrons. The third-order valence-corrected chi connectivity index (χ3v) is 2.81. The van der Waals surface area contributed by atoms with Crippen LogP contribution in [0, 0.1) is 6.92 Å². The van der Waals surface area contributed by atoms with Crippen molar-refractivity contribution in [2.75, 3.05) is 6.61 Å². The summed E-state index contributed by atoms with van der Waals surface area (Å²) < 4.78 is 6.45. The number of aromatic nitrogens is 2. The van der Waals surface area contributed by atoms with Crippen LogP contribution in [0.1, 0.15) is 38.9 Å². The van der Waals surface area contributed by atoms with Crippen molar-refractivity contribution < 1.29 is 14.3 Å². The van der Waals surface area contributed by atoms with E-state index in [-0.39, 0.29) is 17.9 Å². The number of rotatable bonds is 5. The molecule has 0 saturated heterocycles. The Hall–Kier alpha value is -2.43. The molecule has 104 valence electrons. The summed E-state index contributed by atoms with van der Waals surface area (Å²) in [6, 6.07) is 7.97. The number of carbonyl (C=O) groups is 2. The Labute approximate surface area is 117 Å². The molecule has 0 aliphatic carbocycles. The molecule has 0 spiro atoms. The van der Waals surface area contributed by atoms with Crippen LogP contribution in [0.5, 0.6) is 0 Å². The van der Waals surface area contributed by atoms with Gasteiger partial charge in [0.1, 0.15) is 0 Å². The van der Waals surface area contributed by atoms with Crippen molar-refractivity contribution in [2.24, 2.45) is 0 Å². The predicted octanol–water partition coefficient (Wildman–Crippen LogP) is 2.23. The molecule has 0 amide bonds. The predicted molar refractivity (Wildman–Crippen MR) is 73.9 cm³/mol. The molecule has 0 N–H and O–H groups in total. The zero-order chi connectivity index (χ0) is 14.5. The van der Waals surface area contributed by atoms with E-state index in [0.29, 0.717) is 12.8 Å². The van der Waals surface area contributed by atoms with Crippen LogP contribution in [0.15, 0.2) is 30.5 Å². The van der Waals surface area contributed by atoms with Crippen molar-refractivity contribution >= 4 is 12.3 Å². The van der Waals surface area contributed by atoms with Gasteiger partial charge in [0.05, 0.1) is 18.7 Å². The normalized spacial score (nSPS) is 10.3. The topological polar surface area (TPSA) is 61.2 Å². The lowest BCUT2D eigenvalue weighted by atomic mass is 10.1. The summed E-state index contributed by atoms with van der Waals surface area (Å²) in [6.07, 6.45) is 2.17. The Morgan fingerprint density at radius 3 is 2.90 bits per heavy atom. The van der Waals surface area contributed by atoms with Crippen molar-refractivity contribution in [1.29, 1.82) is 0 Å². The average Bonchev–Trinajstić information content (AvgIpc) is 2.82. The molecule has 0 fully saturated rings. The van der Waals surface area contributed by atoms with E-state index in [1.807, 2.05) is 31.2 Å². The molecule has 1 heterocycles. The monoisotopic (exact) mass is 272 g/mol. The summed E-state index contributed by atoms with van der Waals surface area (Å²) in [7, 11) is 0. The molecule has 5 heteroatoms. The summed E-state index contributed by atoms with van der Waals surface area (Å²) in [6.45, 7) is 4.47. The van der Waals surface area contributed by atoms with Crippen molar-refractivity contribution in [2.45, 2.75) is 20.4 Å². The van der Waals surface area contributed by atoms with Crippen LogP contribution in [-0.4, -0.2) is 28.6 Å². The number of esters is 1. The average molecular weight is 272 g/mol. The second kappa shape index (κ2) is 6.14. The van der Waals surface area contributed by atoms with Crippen molar-refractivity contribution in [3.8, 4) is 0 Å². The fraction of sp³-hybridized carbons (Fsp3) is 0.267. The van der Waals surface area contributed by atoms with Crippen molar-refractivity contribution in [3.05, 3.63) is 52.8 Å². The molecule has 0 saturated carbocycles. The standard InChI is InChI=1S/C15H16N2O3/c1-3-20-15(19)14-13(10-18)9-17(16-14)8-12-6-4-5-11(2)7-12/h4-7,9-10H,3,8H2,1-2H3. The lowest BCUT2D eigenvalue weighted by molar-refractivity contribution is 0.0516. The van der Waals surface area contributed by atoms with Gasteiger partial charge in [0, 0.05) is 6.20 Å². The number of hydrogen-bond donors (Lipinski definition) is 0. The minimum absolute atomic E-state index is 0.0644. The third-order valence-electron chi connectivity index (χ3n) is 2.81. The Bertz CT molecular complexity index is 632. The molecular formula is C15H16N2O3. The lowest BCUT2D eigenvalue weighted by Gasteiger charge is -2.03. The largest absolute Gasteiger partial charge is 0.461 e. The van der Waals surface area contributed by atoms with Gasteiger partial charge >= 0.3 is 5.97 Å². The zero-order valence-corrected chi connectivity index (χ0v) is 11.5. The number of nitrogens with zero attached hydrogens (tertiary/aromatic N) is 2. The van der Waals surface area contributed by atoms with Crippen LogP contribution in [0.4, 0.5) is 0 Å². The second-order valence-electron chi connectivity index (χ2n) is 4.46. The van der Waals surface area contributed by atoms with E-state index in [1.165, 1.54) is 0 Å². The van der Waals surface area contributed by atoms with Crippen molar-refractivity contribution in [1.82, 2.24) is 9.78 Å². The molecule has 0 unspecified atom stereocenters. The number of benzene rings is 1. The number of aldehydes is 1.